The van der Waals surface area contributed by atoms with Crippen LogP contribution in [0.1, 0.15) is 85.0 Å². The number of aliphatic hydroxyl groups is 2. The van der Waals surface area contributed by atoms with E-state index in [1.165, 1.54) is 25.7 Å². The van der Waals surface area contributed by atoms with Crippen molar-refractivity contribution in [3.63, 3.8) is 0 Å². The minimum Gasteiger partial charge on any atom is -0.393 e. The van der Waals surface area contributed by atoms with Gasteiger partial charge in [-0.25, -0.2) is 0 Å². The first-order chi connectivity index (χ1) is 12.8. The maximum absolute atomic E-state index is 11.5. The highest BCUT2D eigenvalue weighted by molar-refractivity contribution is 5.49. The fourth-order valence-electron chi connectivity index (χ4n) is 8.69. The van der Waals surface area contributed by atoms with Crippen molar-refractivity contribution in [2.45, 2.75) is 97.2 Å². The molecule has 0 heterocycles. The second kappa shape index (κ2) is 7.13. The molecule has 0 aliphatic heterocycles. The van der Waals surface area contributed by atoms with E-state index in [4.69, 9.17) is 0 Å². The molecule has 154 valence electrons. The number of aliphatic hydroxyl groups excluding tert-OH is 2. The van der Waals surface area contributed by atoms with E-state index in [9.17, 15) is 15.0 Å². The number of fused-ring (bicyclic) bond motifs is 5. The average Bonchev–Trinajstić information content (AvgIpc) is 3.00. The summed E-state index contributed by atoms with van der Waals surface area (Å²) in [7, 11) is 0. The third kappa shape index (κ3) is 2.94. The molecule has 0 aromatic rings. The van der Waals surface area contributed by atoms with Crippen molar-refractivity contribution in [2.24, 2.45) is 46.3 Å². The predicted molar refractivity (Wildman–Crippen MR) is 107 cm³/mol. The number of hydrogen-bond acceptors (Lipinski definition) is 3. The Balaban J connectivity index is 1.58. The van der Waals surface area contributed by atoms with Crippen LogP contribution in [-0.4, -0.2) is 28.7 Å². The SMILES string of the molecule is CC(CCC=O)C1CCC2C3CCC4C[C@H](O)CCC4(C)C3C[C@H](O)C12C. The van der Waals surface area contributed by atoms with E-state index in [1.807, 2.05) is 0 Å². The molecule has 27 heavy (non-hydrogen) atoms. The van der Waals surface area contributed by atoms with Crippen molar-refractivity contribution >= 4 is 6.29 Å². The molecule has 4 saturated carbocycles. The Labute approximate surface area is 165 Å². The van der Waals surface area contributed by atoms with E-state index < -0.39 is 0 Å². The van der Waals surface area contributed by atoms with Gasteiger partial charge in [0.15, 0.2) is 0 Å². The van der Waals surface area contributed by atoms with Crippen LogP contribution in [0.2, 0.25) is 0 Å². The summed E-state index contributed by atoms with van der Waals surface area (Å²) in [4.78, 5) is 10.9. The lowest BCUT2D eigenvalue weighted by molar-refractivity contribution is -0.174. The minimum atomic E-state index is -0.211. The predicted octanol–water partition coefficient (Wildman–Crippen LogP) is 4.59. The topological polar surface area (TPSA) is 57.5 Å². The molecule has 3 heteroatoms. The first-order valence-corrected chi connectivity index (χ1v) is 11.6. The Kier molecular flexibility index (Phi) is 5.25. The normalized spacial score (nSPS) is 53.1. The van der Waals surface area contributed by atoms with Crippen LogP contribution in [0, 0.1) is 46.3 Å². The molecule has 4 aliphatic rings. The molecule has 2 N–H and O–H groups in total. The van der Waals surface area contributed by atoms with E-state index in [2.05, 4.69) is 20.8 Å². The Hall–Kier alpha value is -0.410. The summed E-state index contributed by atoms with van der Waals surface area (Å²) in [5, 5.41) is 21.7. The Morgan fingerprint density at radius 2 is 1.81 bits per heavy atom. The smallest absolute Gasteiger partial charge is 0.120 e. The highest BCUT2D eigenvalue weighted by Gasteiger charge is 2.63. The zero-order valence-electron chi connectivity index (χ0n) is 17.6. The first-order valence-electron chi connectivity index (χ1n) is 11.6. The molecule has 0 spiro atoms. The van der Waals surface area contributed by atoms with Crippen molar-refractivity contribution in [3.8, 4) is 0 Å². The largest absolute Gasteiger partial charge is 0.393 e. The molecule has 0 aromatic heterocycles. The Morgan fingerprint density at radius 3 is 2.56 bits per heavy atom. The summed E-state index contributed by atoms with van der Waals surface area (Å²) in [6.07, 6.45) is 11.4. The minimum absolute atomic E-state index is 0.0286. The fraction of sp³-hybridized carbons (Fsp3) is 0.958. The zero-order chi connectivity index (χ0) is 19.4. The van der Waals surface area contributed by atoms with Gasteiger partial charge < -0.3 is 15.0 Å². The van der Waals surface area contributed by atoms with Gasteiger partial charge in [-0.2, -0.15) is 0 Å². The molecule has 0 radical (unpaired) electrons. The second-order valence-corrected chi connectivity index (χ2v) is 11.1. The summed E-state index contributed by atoms with van der Waals surface area (Å²) in [5.74, 6) is 3.73. The standard InChI is InChI=1S/C24H40O3/c1-15(5-4-12-25)19-8-9-20-18-7-6-16-13-17(26)10-11-23(16,2)21(18)14-22(27)24(19,20)3/h12,15-22,26-27H,4-11,13-14H2,1-3H3/t15?,16?,17-,18?,19?,20?,21?,22+,23?,24?/m1/s1. The number of rotatable bonds is 4. The van der Waals surface area contributed by atoms with Gasteiger partial charge in [0.25, 0.3) is 0 Å². The monoisotopic (exact) mass is 376 g/mol. The van der Waals surface area contributed by atoms with Gasteiger partial charge in [-0.1, -0.05) is 20.8 Å². The van der Waals surface area contributed by atoms with Gasteiger partial charge in [-0.15, -0.1) is 0 Å². The van der Waals surface area contributed by atoms with E-state index in [0.717, 1.165) is 44.3 Å². The molecule has 4 fully saturated rings. The lowest BCUT2D eigenvalue weighted by Crippen LogP contribution is -2.58. The lowest BCUT2D eigenvalue weighted by Gasteiger charge is -2.62. The van der Waals surface area contributed by atoms with Crippen molar-refractivity contribution < 1.29 is 15.0 Å². The molecule has 0 bridgehead atoms. The molecular weight excluding hydrogens is 336 g/mol. The van der Waals surface area contributed by atoms with Crippen LogP contribution in [-0.2, 0) is 4.79 Å². The van der Waals surface area contributed by atoms with Gasteiger partial charge in [-0.05, 0) is 104 Å². The molecule has 0 saturated heterocycles. The van der Waals surface area contributed by atoms with Gasteiger partial charge in [-0.3, -0.25) is 0 Å². The summed E-state index contributed by atoms with van der Waals surface area (Å²) in [6.45, 7) is 7.17. The molecule has 10 atom stereocenters. The summed E-state index contributed by atoms with van der Waals surface area (Å²) < 4.78 is 0. The van der Waals surface area contributed by atoms with Crippen LogP contribution in [0.3, 0.4) is 0 Å². The number of aldehydes is 1. The van der Waals surface area contributed by atoms with Crippen LogP contribution < -0.4 is 0 Å². The van der Waals surface area contributed by atoms with Crippen molar-refractivity contribution in [1.82, 2.24) is 0 Å². The number of carbonyl (C=O) groups excluding carboxylic acids is 1. The third-order valence-corrected chi connectivity index (χ3v) is 10.2. The quantitative estimate of drug-likeness (QED) is 0.706. The average molecular weight is 377 g/mol. The lowest BCUT2D eigenvalue weighted by atomic mass is 9.43. The zero-order valence-corrected chi connectivity index (χ0v) is 17.6. The van der Waals surface area contributed by atoms with Gasteiger partial charge >= 0.3 is 0 Å². The fourth-order valence-corrected chi connectivity index (χ4v) is 8.69. The van der Waals surface area contributed by atoms with Gasteiger partial charge in [0, 0.05) is 6.42 Å². The van der Waals surface area contributed by atoms with Crippen LogP contribution >= 0.6 is 0 Å². The molecule has 4 rings (SSSR count). The molecule has 0 amide bonds. The summed E-state index contributed by atoms with van der Waals surface area (Å²) >= 11 is 0. The van der Waals surface area contributed by atoms with E-state index in [-0.39, 0.29) is 17.6 Å². The first kappa shape index (κ1) is 19.9. The van der Waals surface area contributed by atoms with Gasteiger partial charge in [0.2, 0.25) is 0 Å². The van der Waals surface area contributed by atoms with Crippen molar-refractivity contribution in [2.75, 3.05) is 0 Å². The van der Waals surface area contributed by atoms with Crippen LogP contribution in [0.4, 0.5) is 0 Å². The maximum Gasteiger partial charge on any atom is 0.120 e. The van der Waals surface area contributed by atoms with Crippen LogP contribution in [0.15, 0.2) is 0 Å². The molecule has 3 nitrogen and oxygen atoms in total. The highest BCUT2D eigenvalue weighted by atomic mass is 16.3. The maximum atomic E-state index is 11.5. The van der Waals surface area contributed by atoms with E-state index in [1.54, 1.807) is 0 Å². The highest BCUT2D eigenvalue weighted by Crippen LogP contribution is 2.68. The van der Waals surface area contributed by atoms with E-state index in [0.29, 0.717) is 41.4 Å². The van der Waals surface area contributed by atoms with Crippen LogP contribution in [0.5, 0.6) is 0 Å². The second-order valence-electron chi connectivity index (χ2n) is 11.1. The molecular formula is C24H40O3. The van der Waals surface area contributed by atoms with Crippen LogP contribution in [0.25, 0.3) is 0 Å². The summed E-state index contributed by atoms with van der Waals surface area (Å²) in [6, 6.07) is 0. The van der Waals surface area contributed by atoms with Gasteiger partial charge in [0.05, 0.1) is 12.2 Å². The third-order valence-electron chi connectivity index (χ3n) is 10.2. The van der Waals surface area contributed by atoms with Crippen molar-refractivity contribution in [1.29, 1.82) is 0 Å². The van der Waals surface area contributed by atoms with Gasteiger partial charge in [0.1, 0.15) is 6.29 Å². The molecule has 4 aliphatic carbocycles. The number of carbonyl (C=O) groups is 1. The molecule has 8 unspecified atom stereocenters. The Morgan fingerprint density at radius 1 is 1.04 bits per heavy atom. The van der Waals surface area contributed by atoms with Crippen molar-refractivity contribution in [3.05, 3.63) is 0 Å². The number of hydrogen-bond donors (Lipinski definition) is 2. The molecule has 0 aromatic carbocycles. The Bertz CT molecular complexity index is 562. The van der Waals surface area contributed by atoms with E-state index >= 15 is 0 Å². The summed E-state index contributed by atoms with van der Waals surface area (Å²) in [5.41, 5.74) is 0.340.